The lowest BCUT2D eigenvalue weighted by Crippen LogP contribution is -2.34. The van der Waals surface area contributed by atoms with Crippen molar-refractivity contribution < 1.29 is 31.1 Å². The Labute approximate surface area is 132 Å². The van der Waals surface area contributed by atoms with Gasteiger partial charge >= 0.3 is 12.5 Å². The minimum Gasteiger partial charge on any atom is -0.343 e. The molecule has 0 radical (unpaired) electrons. The molecule has 0 aliphatic rings. The second-order valence-corrected chi connectivity index (χ2v) is 4.55. The third-order valence-corrected chi connectivity index (χ3v) is 2.68. The summed E-state index contributed by atoms with van der Waals surface area (Å²) in [5, 5.41) is 1.95. The first-order valence-electron chi connectivity index (χ1n) is 5.94. The number of nitrogens with zero attached hydrogens (tertiary/aromatic N) is 1. The van der Waals surface area contributed by atoms with Gasteiger partial charge in [-0.25, -0.2) is 0 Å². The van der Waals surface area contributed by atoms with Crippen LogP contribution in [0.15, 0.2) is 28.4 Å². The van der Waals surface area contributed by atoms with Crippen molar-refractivity contribution in [2.75, 3.05) is 5.45 Å². The molecule has 0 spiro atoms. The van der Waals surface area contributed by atoms with Crippen LogP contribution in [-0.2, 0) is 4.74 Å². The van der Waals surface area contributed by atoms with Crippen LogP contribution in [-0.4, -0.2) is 29.9 Å². The minimum atomic E-state index is -4.84. The fraction of sp³-hybridized carbons (Fsp3) is 0.583. The van der Waals surface area contributed by atoms with E-state index in [2.05, 4.69) is 25.7 Å². The van der Waals surface area contributed by atoms with Crippen LogP contribution in [0.3, 0.4) is 0 Å². The smallest absolute Gasteiger partial charge is 0.343 e. The van der Waals surface area contributed by atoms with Crippen molar-refractivity contribution in [2.24, 2.45) is 4.99 Å². The van der Waals surface area contributed by atoms with Crippen molar-refractivity contribution in [1.29, 1.82) is 0 Å². The average molecular weight is 397 g/mol. The molecule has 0 saturated carbocycles. The molecule has 0 aromatic carbocycles. The molecule has 0 heterocycles. The highest BCUT2D eigenvalue weighted by atomic mass is 79.9. The fourth-order valence-electron chi connectivity index (χ4n) is 1.58. The first-order valence-corrected chi connectivity index (χ1v) is 7.06. The molecular formula is C12H15BrF6N2O. The van der Waals surface area contributed by atoms with Gasteiger partial charge in [0.25, 0.3) is 0 Å². The summed E-state index contributed by atoms with van der Waals surface area (Å²) in [5.74, 6) is -1.26. The van der Waals surface area contributed by atoms with Crippen LogP contribution < -0.4 is 5.32 Å². The second-order valence-electron chi connectivity index (χ2n) is 4.05. The zero-order valence-corrected chi connectivity index (χ0v) is 13.5. The van der Waals surface area contributed by atoms with Crippen LogP contribution in [0.2, 0.25) is 0 Å². The van der Waals surface area contributed by atoms with Gasteiger partial charge in [-0.3, -0.25) is 9.73 Å². The predicted molar refractivity (Wildman–Crippen MR) is 74.5 cm³/mol. The Kier molecular flexibility index (Phi) is 8.16. The number of allylic oxidation sites excluding steroid dienone is 1. The number of aliphatic imine (C=N–C) groups is 1. The van der Waals surface area contributed by atoms with E-state index in [0.29, 0.717) is 0 Å². The van der Waals surface area contributed by atoms with Crippen molar-refractivity contribution in [3.8, 4) is 0 Å². The molecule has 1 N–H and O–H groups in total. The predicted octanol–water partition coefficient (Wildman–Crippen LogP) is 4.66. The van der Waals surface area contributed by atoms with Gasteiger partial charge in [0.2, 0.25) is 5.84 Å². The number of ether oxygens (including phenoxy) is 1. The van der Waals surface area contributed by atoms with Gasteiger partial charge in [-0.1, -0.05) is 22.0 Å². The lowest BCUT2D eigenvalue weighted by atomic mass is 10.0. The zero-order valence-electron chi connectivity index (χ0n) is 11.9. The molecule has 0 unspecified atom stereocenters. The number of hydrogen-bond acceptors (Lipinski definition) is 2. The zero-order chi connectivity index (χ0) is 17.6. The first-order chi connectivity index (χ1) is 9.92. The number of amidine groups is 1. The number of nitrogens with one attached hydrogen (secondary N) is 1. The number of rotatable bonds is 5. The molecule has 0 amide bonds. The number of halogens is 7. The maximum atomic E-state index is 12.6. The van der Waals surface area contributed by atoms with Gasteiger partial charge in [0, 0.05) is 6.20 Å². The van der Waals surface area contributed by atoms with Crippen LogP contribution in [0.1, 0.15) is 20.8 Å². The SMILES string of the molecule is C/C=C(/C(C)=C/N/C(=N\CBr)C(F)(F)F)[C@@H](C)OC(F)(F)F. The fourth-order valence-corrected chi connectivity index (χ4v) is 1.83. The summed E-state index contributed by atoms with van der Waals surface area (Å²) < 4.78 is 78.1. The highest BCUT2D eigenvalue weighted by Gasteiger charge is 2.36. The van der Waals surface area contributed by atoms with E-state index in [4.69, 9.17) is 0 Å². The number of hydrogen-bond donors (Lipinski definition) is 1. The Morgan fingerprint density at radius 2 is 1.82 bits per heavy atom. The van der Waals surface area contributed by atoms with Crippen molar-refractivity contribution in [1.82, 2.24) is 5.32 Å². The highest BCUT2D eigenvalue weighted by Crippen LogP contribution is 2.25. The molecule has 0 aromatic rings. The molecule has 0 aromatic heterocycles. The molecule has 0 aliphatic carbocycles. The average Bonchev–Trinajstić information content (AvgIpc) is 2.31. The Balaban J connectivity index is 5.13. The lowest BCUT2D eigenvalue weighted by molar-refractivity contribution is -0.335. The Morgan fingerprint density at radius 1 is 1.27 bits per heavy atom. The molecule has 0 bridgehead atoms. The van der Waals surface area contributed by atoms with E-state index in [1.54, 1.807) is 0 Å². The summed E-state index contributed by atoms with van der Waals surface area (Å²) in [6.07, 6.45) is -8.63. The van der Waals surface area contributed by atoms with E-state index in [-0.39, 0.29) is 16.6 Å². The summed E-state index contributed by atoms with van der Waals surface area (Å²) >= 11 is 2.74. The molecule has 0 fully saturated rings. The topological polar surface area (TPSA) is 33.6 Å². The van der Waals surface area contributed by atoms with E-state index in [1.807, 2.05) is 5.32 Å². The van der Waals surface area contributed by atoms with Crippen LogP contribution in [0.5, 0.6) is 0 Å². The van der Waals surface area contributed by atoms with Gasteiger partial charge in [0.1, 0.15) is 0 Å². The Bertz CT molecular complexity index is 454. The van der Waals surface area contributed by atoms with Crippen LogP contribution in [0, 0.1) is 0 Å². The number of alkyl halides is 7. The van der Waals surface area contributed by atoms with Crippen LogP contribution in [0.4, 0.5) is 26.3 Å². The van der Waals surface area contributed by atoms with Crippen molar-refractivity contribution in [3.05, 3.63) is 23.4 Å². The standard InChI is InChI=1S/C12H15BrF6N2O/c1-4-9(8(3)22-12(17,18)19)7(2)5-20-10(21-6-13)11(14,15)16/h4-5,8H,6H2,1-3H3,(H,20,21)/b7-5+,9-4-/t8-/m1/s1. The van der Waals surface area contributed by atoms with Crippen molar-refractivity contribution in [2.45, 2.75) is 39.4 Å². The summed E-state index contributed by atoms with van der Waals surface area (Å²) in [5.41, 5.74) is -0.0119. The molecule has 1 atom stereocenters. The van der Waals surface area contributed by atoms with E-state index < -0.39 is 24.5 Å². The second kappa shape index (κ2) is 8.56. The van der Waals surface area contributed by atoms with Gasteiger partial charge in [-0.15, -0.1) is 13.2 Å². The van der Waals surface area contributed by atoms with Crippen molar-refractivity contribution in [3.63, 3.8) is 0 Å². The molecular weight excluding hydrogens is 382 g/mol. The third-order valence-electron chi connectivity index (χ3n) is 2.43. The Hall–Kier alpha value is -1.03. The van der Waals surface area contributed by atoms with Gasteiger partial charge in [0.15, 0.2) is 0 Å². The molecule has 128 valence electrons. The molecule has 0 aliphatic heterocycles. The summed E-state index contributed by atoms with van der Waals surface area (Å²) in [4.78, 5) is 3.18. The van der Waals surface area contributed by atoms with E-state index in [9.17, 15) is 26.3 Å². The maximum Gasteiger partial charge on any atom is 0.523 e. The van der Waals surface area contributed by atoms with E-state index in [0.717, 1.165) is 13.1 Å². The molecule has 3 nitrogen and oxygen atoms in total. The van der Waals surface area contributed by atoms with Crippen molar-refractivity contribution >= 4 is 21.8 Å². The monoisotopic (exact) mass is 396 g/mol. The minimum absolute atomic E-state index is 0.102. The molecule has 10 heteroatoms. The van der Waals surface area contributed by atoms with Gasteiger partial charge in [0.05, 0.1) is 11.6 Å². The Morgan fingerprint density at radius 3 is 2.18 bits per heavy atom. The molecule has 0 rings (SSSR count). The summed E-state index contributed by atoms with van der Waals surface area (Å²) in [6.45, 7) is 3.97. The highest BCUT2D eigenvalue weighted by molar-refractivity contribution is 9.09. The largest absolute Gasteiger partial charge is 0.523 e. The maximum absolute atomic E-state index is 12.6. The lowest BCUT2D eigenvalue weighted by Gasteiger charge is -2.19. The van der Waals surface area contributed by atoms with Gasteiger partial charge < -0.3 is 5.32 Å². The normalized spacial score (nSPS) is 16.7. The summed E-state index contributed by atoms with van der Waals surface area (Å²) in [6, 6.07) is 0. The quantitative estimate of drug-likeness (QED) is 0.183. The first kappa shape index (κ1) is 21.0. The van der Waals surface area contributed by atoms with Gasteiger partial charge in [-0.2, -0.15) is 13.2 Å². The van der Waals surface area contributed by atoms with Gasteiger partial charge in [-0.05, 0) is 31.9 Å². The van der Waals surface area contributed by atoms with E-state index in [1.165, 1.54) is 19.9 Å². The van der Waals surface area contributed by atoms with Crippen LogP contribution >= 0.6 is 15.9 Å². The van der Waals surface area contributed by atoms with Crippen LogP contribution in [0.25, 0.3) is 0 Å². The summed E-state index contributed by atoms with van der Waals surface area (Å²) in [7, 11) is 0. The third kappa shape index (κ3) is 7.83. The van der Waals surface area contributed by atoms with E-state index >= 15 is 0 Å². The molecule has 22 heavy (non-hydrogen) atoms. The molecule has 0 saturated heterocycles.